The van der Waals surface area contributed by atoms with Crippen LogP contribution in [0, 0.1) is 23.7 Å². The second-order valence-corrected chi connectivity index (χ2v) is 3.98. The maximum Gasteiger partial charge on any atom is 0.0760 e. The standard InChI is InChI=1S/C10H12O/c11-9-4-3-8-6-1-2-7(5-6)10(8)9/h1-4,6-11H,5H2/t6?,7?,8?,9?,10-/m1/s1. The van der Waals surface area contributed by atoms with E-state index in [-0.39, 0.29) is 6.10 Å². The number of aliphatic hydroxyl groups is 1. The van der Waals surface area contributed by atoms with E-state index in [1.165, 1.54) is 6.42 Å². The number of rotatable bonds is 0. The van der Waals surface area contributed by atoms with Crippen molar-refractivity contribution in [3.05, 3.63) is 24.3 Å². The Kier molecular flexibility index (Phi) is 0.972. The van der Waals surface area contributed by atoms with E-state index >= 15 is 0 Å². The number of hydrogen-bond acceptors (Lipinski definition) is 1. The normalized spacial score (nSPS) is 57.4. The van der Waals surface area contributed by atoms with Gasteiger partial charge in [-0.3, -0.25) is 0 Å². The summed E-state index contributed by atoms with van der Waals surface area (Å²) in [4.78, 5) is 0. The maximum atomic E-state index is 9.60. The molecule has 3 rings (SSSR count). The first-order chi connectivity index (χ1) is 5.36. The molecule has 0 aromatic rings. The highest BCUT2D eigenvalue weighted by molar-refractivity contribution is 5.24. The molecule has 3 aliphatic carbocycles. The molecule has 0 aromatic carbocycles. The van der Waals surface area contributed by atoms with Crippen molar-refractivity contribution in [3.8, 4) is 0 Å². The Balaban J connectivity index is 2.02. The van der Waals surface area contributed by atoms with E-state index in [0.29, 0.717) is 17.8 Å². The zero-order valence-corrected chi connectivity index (χ0v) is 6.35. The Morgan fingerprint density at radius 1 is 1.00 bits per heavy atom. The van der Waals surface area contributed by atoms with Gasteiger partial charge in [0, 0.05) is 5.92 Å². The molecule has 2 bridgehead atoms. The average Bonchev–Trinajstić information content (AvgIpc) is 2.60. The second-order valence-electron chi connectivity index (χ2n) is 3.98. The zero-order valence-electron chi connectivity index (χ0n) is 6.35. The van der Waals surface area contributed by atoms with Gasteiger partial charge in [0.2, 0.25) is 0 Å². The number of allylic oxidation sites excluding steroid dienone is 3. The van der Waals surface area contributed by atoms with Crippen molar-refractivity contribution in [1.82, 2.24) is 0 Å². The molecular weight excluding hydrogens is 136 g/mol. The Morgan fingerprint density at radius 3 is 2.64 bits per heavy atom. The van der Waals surface area contributed by atoms with Crippen molar-refractivity contribution in [1.29, 1.82) is 0 Å². The molecule has 0 aliphatic heterocycles. The third kappa shape index (κ3) is 0.603. The molecule has 0 amide bonds. The van der Waals surface area contributed by atoms with Gasteiger partial charge in [-0.15, -0.1) is 0 Å². The summed E-state index contributed by atoms with van der Waals surface area (Å²) in [5, 5.41) is 9.60. The molecule has 0 heterocycles. The first-order valence-electron chi connectivity index (χ1n) is 4.41. The van der Waals surface area contributed by atoms with Crippen LogP contribution in [0.2, 0.25) is 0 Å². The summed E-state index contributed by atoms with van der Waals surface area (Å²) in [5.41, 5.74) is 0. The van der Waals surface area contributed by atoms with Crippen LogP contribution in [-0.2, 0) is 0 Å². The van der Waals surface area contributed by atoms with Gasteiger partial charge in [0.05, 0.1) is 6.10 Å². The molecule has 1 nitrogen and oxygen atoms in total. The summed E-state index contributed by atoms with van der Waals surface area (Å²) in [6.07, 6.45) is 9.94. The van der Waals surface area contributed by atoms with Gasteiger partial charge in [0.1, 0.15) is 0 Å². The Labute approximate surface area is 66.4 Å². The lowest BCUT2D eigenvalue weighted by atomic mass is 9.84. The highest BCUT2D eigenvalue weighted by Crippen LogP contribution is 2.52. The lowest BCUT2D eigenvalue weighted by molar-refractivity contribution is 0.132. The minimum atomic E-state index is -0.153. The van der Waals surface area contributed by atoms with Crippen LogP contribution in [0.25, 0.3) is 0 Å². The van der Waals surface area contributed by atoms with Gasteiger partial charge in [-0.1, -0.05) is 24.3 Å². The second kappa shape index (κ2) is 1.78. The van der Waals surface area contributed by atoms with Crippen LogP contribution in [0.3, 0.4) is 0 Å². The first-order valence-corrected chi connectivity index (χ1v) is 4.41. The largest absolute Gasteiger partial charge is 0.389 e. The molecule has 4 unspecified atom stereocenters. The Bertz CT molecular complexity index is 241. The number of fused-ring (bicyclic) bond motifs is 5. The molecule has 1 heteroatoms. The predicted molar refractivity (Wildman–Crippen MR) is 42.9 cm³/mol. The fourth-order valence-electron chi connectivity index (χ4n) is 3.02. The van der Waals surface area contributed by atoms with Gasteiger partial charge in [-0.05, 0) is 24.2 Å². The molecule has 11 heavy (non-hydrogen) atoms. The molecule has 58 valence electrons. The third-order valence-electron chi connectivity index (χ3n) is 3.51. The van der Waals surface area contributed by atoms with E-state index in [1.807, 2.05) is 6.08 Å². The summed E-state index contributed by atoms with van der Waals surface area (Å²) in [6.45, 7) is 0. The molecule has 1 saturated carbocycles. The molecule has 1 N–H and O–H groups in total. The molecule has 0 radical (unpaired) electrons. The van der Waals surface area contributed by atoms with Crippen molar-refractivity contribution in [2.24, 2.45) is 23.7 Å². The molecule has 0 saturated heterocycles. The van der Waals surface area contributed by atoms with E-state index in [1.54, 1.807) is 0 Å². The van der Waals surface area contributed by atoms with Crippen LogP contribution in [0.5, 0.6) is 0 Å². The van der Waals surface area contributed by atoms with Crippen LogP contribution in [-0.4, -0.2) is 11.2 Å². The number of aliphatic hydroxyl groups excluding tert-OH is 1. The molecule has 0 aromatic heterocycles. The van der Waals surface area contributed by atoms with E-state index in [9.17, 15) is 5.11 Å². The molecule has 5 atom stereocenters. The van der Waals surface area contributed by atoms with Crippen molar-refractivity contribution >= 4 is 0 Å². The SMILES string of the molecule is OC1C=CC2C3C=CC(C3)[C@@H]12. The zero-order chi connectivity index (χ0) is 7.42. The van der Waals surface area contributed by atoms with E-state index < -0.39 is 0 Å². The van der Waals surface area contributed by atoms with Crippen LogP contribution >= 0.6 is 0 Å². The van der Waals surface area contributed by atoms with Crippen LogP contribution in [0.1, 0.15) is 6.42 Å². The summed E-state index contributed by atoms with van der Waals surface area (Å²) >= 11 is 0. The molecule has 1 fully saturated rings. The number of hydrogen-bond donors (Lipinski definition) is 1. The highest BCUT2D eigenvalue weighted by atomic mass is 16.3. The Hall–Kier alpha value is -0.560. The average molecular weight is 148 g/mol. The summed E-state index contributed by atoms with van der Waals surface area (Å²) in [6, 6.07) is 0. The Morgan fingerprint density at radius 2 is 1.82 bits per heavy atom. The molecule has 0 spiro atoms. The van der Waals surface area contributed by atoms with E-state index in [2.05, 4.69) is 18.2 Å². The minimum absolute atomic E-state index is 0.153. The molecular formula is C10H12O. The maximum absolute atomic E-state index is 9.60. The van der Waals surface area contributed by atoms with E-state index in [0.717, 1.165) is 5.92 Å². The third-order valence-corrected chi connectivity index (χ3v) is 3.51. The van der Waals surface area contributed by atoms with Crippen molar-refractivity contribution in [2.75, 3.05) is 0 Å². The van der Waals surface area contributed by atoms with Gasteiger partial charge >= 0.3 is 0 Å². The monoisotopic (exact) mass is 148 g/mol. The van der Waals surface area contributed by atoms with Crippen molar-refractivity contribution < 1.29 is 5.11 Å². The van der Waals surface area contributed by atoms with Gasteiger partial charge in [0.15, 0.2) is 0 Å². The summed E-state index contributed by atoms with van der Waals surface area (Å²) in [5.74, 6) is 2.62. The smallest absolute Gasteiger partial charge is 0.0760 e. The predicted octanol–water partition coefficient (Wildman–Crippen LogP) is 1.36. The molecule has 3 aliphatic rings. The topological polar surface area (TPSA) is 20.2 Å². The van der Waals surface area contributed by atoms with Gasteiger partial charge < -0.3 is 5.11 Å². The lowest BCUT2D eigenvalue weighted by Gasteiger charge is -2.22. The van der Waals surface area contributed by atoms with Crippen LogP contribution in [0.4, 0.5) is 0 Å². The van der Waals surface area contributed by atoms with Crippen molar-refractivity contribution in [2.45, 2.75) is 12.5 Å². The van der Waals surface area contributed by atoms with Crippen LogP contribution in [0.15, 0.2) is 24.3 Å². The van der Waals surface area contributed by atoms with Gasteiger partial charge in [-0.25, -0.2) is 0 Å². The first kappa shape index (κ1) is 6.01. The highest BCUT2D eigenvalue weighted by Gasteiger charge is 2.48. The summed E-state index contributed by atoms with van der Waals surface area (Å²) in [7, 11) is 0. The van der Waals surface area contributed by atoms with E-state index in [4.69, 9.17) is 0 Å². The fourth-order valence-corrected chi connectivity index (χ4v) is 3.02. The minimum Gasteiger partial charge on any atom is -0.389 e. The van der Waals surface area contributed by atoms with Gasteiger partial charge in [-0.2, -0.15) is 0 Å². The quantitative estimate of drug-likeness (QED) is 0.514. The van der Waals surface area contributed by atoms with Crippen molar-refractivity contribution in [3.63, 3.8) is 0 Å². The van der Waals surface area contributed by atoms with Gasteiger partial charge in [0.25, 0.3) is 0 Å². The lowest BCUT2D eigenvalue weighted by Crippen LogP contribution is -2.23. The summed E-state index contributed by atoms with van der Waals surface area (Å²) < 4.78 is 0. The van der Waals surface area contributed by atoms with Crippen LogP contribution < -0.4 is 0 Å². The fraction of sp³-hybridized carbons (Fsp3) is 0.600.